The number of likely N-dealkylation sites (N-methyl/N-ethyl adjacent to an activating group) is 1. The van der Waals surface area contributed by atoms with Gasteiger partial charge in [0.05, 0.1) is 23.3 Å². The molecule has 1 aliphatic heterocycles. The van der Waals surface area contributed by atoms with E-state index in [-0.39, 0.29) is 18.5 Å². The van der Waals surface area contributed by atoms with Crippen molar-refractivity contribution < 1.29 is 9.32 Å². The Morgan fingerprint density at radius 3 is 3.00 bits per heavy atom. The number of nitrogens with zero attached hydrogens (tertiary/aromatic N) is 4. The van der Waals surface area contributed by atoms with Crippen molar-refractivity contribution in [2.75, 3.05) is 25.0 Å². The summed E-state index contributed by atoms with van der Waals surface area (Å²) in [7, 11) is 1.85. The Balaban J connectivity index is 1.68. The van der Waals surface area contributed by atoms with Crippen LogP contribution >= 0.6 is 11.6 Å². The molecular weight excluding hydrogens is 316 g/mol. The summed E-state index contributed by atoms with van der Waals surface area (Å²) in [5.74, 6) is 1.54. The molecule has 2 aromatic heterocycles. The summed E-state index contributed by atoms with van der Waals surface area (Å²) in [4.78, 5) is 20.6. The molecule has 0 aromatic carbocycles. The van der Waals surface area contributed by atoms with E-state index in [1.54, 1.807) is 18.3 Å². The van der Waals surface area contributed by atoms with E-state index in [1.165, 1.54) is 0 Å². The van der Waals surface area contributed by atoms with Crippen molar-refractivity contribution in [2.45, 2.75) is 25.8 Å². The van der Waals surface area contributed by atoms with E-state index in [4.69, 9.17) is 16.1 Å². The maximum absolute atomic E-state index is 12.7. The lowest BCUT2D eigenvalue weighted by molar-refractivity contribution is -0.130. The number of rotatable bonds is 4. The fourth-order valence-electron chi connectivity index (χ4n) is 2.87. The van der Waals surface area contributed by atoms with E-state index >= 15 is 0 Å². The number of aryl methyl sites for hydroxylation is 1. The molecule has 7 heteroatoms. The molecular formula is C16H19ClN4O2. The van der Waals surface area contributed by atoms with Crippen LogP contribution in [0.15, 0.2) is 28.9 Å². The van der Waals surface area contributed by atoms with Crippen molar-refractivity contribution >= 4 is 23.3 Å². The molecule has 0 spiro atoms. The predicted octanol–water partition coefficient (Wildman–Crippen LogP) is 2.83. The molecule has 3 heterocycles. The van der Waals surface area contributed by atoms with Gasteiger partial charge in [-0.2, -0.15) is 0 Å². The fraction of sp³-hybridized carbons (Fsp3) is 0.438. The van der Waals surface area contributed by atoms with Gasteiger partial charge in [-0.15, -0.1) is 0 Å². The van der Waals surface area contributed by atoms with E-state index in [1.807, 2.05) is 29.8 Å². The second kappa shape index (κ2) is 6.58. The van der Waals surface area contributed by atoms with Crippen molar-refractivity contribution in [2.24, 2.45) is 0 Å². The van der Waals surface area contributed by atoms with Gasteiger partial charge in [0, 0.05) is 25.9 Å². The third kappa shape index (κ3) is 3.47. The molecule has 6 nitrogen and oxygen atoms in total. The van der Waals surface area contributed by atoms with Crippen LogP contribution in [0.1, 0.15) is 30.3 Å². The molecule has 122 valence electrons. The SMILES string of the molecule is Cc1cc([C@H]2CCCN2C(=O)CN(C)c2ccc(Cl)cn2)on1. The summed E-state index contributed by atoms with van der Waals surface area (Å²) in [6.07, 6.45) is 3.45. The number of anilines is 1. The highest BCUT2D eigenvalue weighted by atomic mass is 35.5. The molecule has 0 N–H and O–H groups in total. The Kier molecular flexibility index (Phi) is 4.52. The van der Waals surface area contributed by atoms with Gasteiger partial charge in [0.1, 0.15) is 5.82 Å². The second-order valence-electron chi connectivity index (χ2n) is 5.81. The summed E-state index contributed by atoms with van der Waals surface area (Å²) < 4.78 is 5.35. The number of amides is 1. The van der Waals surface area contributed by atoms with Crippen LogP contribution in [-0.2, 0) is 4.79 Å². The number of halogens is 1. The van der Waals surface area contributed by atoms with Crippen LogP contribution in [0.5, 0.6) is 0 Å². The highest BCUT2D eigenvalue weighted by Gasteiger charge is 2.32. The lowest BCUT2D eigenvalue weighted by Crippen LogP contribution is -2.38. The summed E-state index contributed by atoms with van der Waals surface area (Å²) in [5.41, 5.74) is 0.835. The zero-order chi connectivity index (χ0) is 16.4. The van der Waals surface area contributed by atoms with E-state index in [0.717, 1.165) is 30.8 Å². The smallest absolute Gasteiger partial charge is 0.242 e. The minimum atomic E-state index is -0.0183. The number of carbonyl (C=O) groups is 1. The van der Waals surface area contributed by atoms with Crippen molar-refractivity contribution in [1.82, 2.24) is 15.0 Å². The van der Waals surface area contributed by atoms with Crippen LogP contribution in [0.2, 0.25) is 5.02 Å². The highest BCUT2D eigenvalue weighted by molar-refractivity contribution is 6.30. The van der Waals surface area contributed by atoms with Crippen molar-refractivity contribution in [3.63, 3.8) is 0 Å². The molecule has 1 atom stereocenters. The van der Waals surface area contributed by atoms with Crippen molar-refractivity contribution in [3.8, 4) is 0 Å². The first-order valence-electron chi connectivity index (χ1n) is 7.60. The lowest BCUT2D eigenvalue weighted by Gasteiger charge is -2.26. The van der Waals surface area contributed by atoms with E-state index in [9.17, 15) is 4.79 Å². The van der Waals surface area contributed by atoms with Crippen LogP contribution < -0.4 is 4.90 Å². The third-order valence-electron chi connectivity index (χ3n) is 4.02. The zero-order valence-corrected chi connectivity index (χ0v) is 14.0. The van der Waals surface area contributed by atoms with Gasteiger partial charge >= 0.3 is 0 Å². The van der Waals surface area contributed by atoms with Crippen molar-refractivity contribution in [3.05, 3.63) is 40.9 Å². The second-order valence-corrected chi connectivity index (χ2v) is 6.24. The minimum absolute atomic E-state index is 0.0183. The average molecular weight is 335 g/mol. The predicted molar refractivity (Wildman–Crippen MR) is 87.4 cm³/mol. The van der Waals surface area contributed by atoms with Crippen LogP contribution in [-0.4, -0.2) is 41.1 Å². The number of likely N-dealkylation sites (tertiary alicyclic amines) is 1. The largest absolute Gasteiger partial charge is 0.359 e. The van der Waals surface area contributed by atoms with Gasteiger partial charge < -0.3 is 14.3 Å². The van der Waals surface area contributed by atoms with Gasteiger partial charge in [-0.1, -0.05) is 16.8 Å². The molecule has 1 saturated heterocycles. The maximum Gasteiger partial charge on any atom is 0.242 e. The third-order valence-corrected chi connectivity index (χ3v) is 4.25. The summed E-state index contributed by atoms with van der Waals surface area (Å²) in [6, 6.07) is 5.45. The van der Waals surface area contributed by atoms with Gasteiger partial charge in [0.2, 0.25) is 5.91 Å². The summed E-state index contributed by atoms with van der Waals surface area (Å²) in [6.45, 7) is 2.89. The Morgan fingerprint density at radius 1 is 1.52 bits per heavy atom. The first-order chi connectivity index (χ1) is 11.0. The van der Waals surface area contributed by atoms with Gasteiger partial charge in [-0.25, -0.2) is 4.98 Å². The number of pyridine rings is 1. The van der Waals surface area contributed by atoms with Crippen LogP contribution in [0, 0.1) is 6.92 Å². The van der Waals surface area contributed by atoms with E-state index < -0.39 is 0 Å². The van der Waals surface area contributed by atoms with Gasteiger partial charge in [0.15, 0.2) is 5.76 Å². The number of aromatic nitrogens is 2. The van der Waals surface area contributed by atoms with Crippen LogP contribution in [0.4, 0.5) is 5.82 Å². The Morgan fingerprint density at radius 2 is 2.35 bits per heavy atom. The maximum atomic E-state index is 12.7. The fourth-order valence-corrected chi connectivity index (χ4v) is 2.98. The molecule has 0 radical (unpaired) electrons. The molecule has 3 rings (SSSR count). The van der Waals surface area contributed by atoms with Crippen LogP contribution in [0.3, 0.4) is 0 Å². The molecule has 23 heavy (non-hydrogen) atoms. The topological polar surface area (TPSA) is 62.5 Å². The van der Waals surface area contributed by atoms with Gasteiger partial charge in [0.25, 0.3) is 0 Å². The molecule has 1 fully saturated rings. The van der Waals surface area contributed by atoms with Crippen molar-refractivity contribution in [1.29, 1.82) is 0 Å². The van der Waals surface area contributed by atoms with Crippen LogP contribution in [0.25, 0.3) is 0 Å². The Bertz CT molecular complexity index is 686. The molecule has 1 amide bonds. The first kappa shape index (κ1) is 15.8. The summed E-state index contributed by atoms with van der Waals surface area (Å²) in [5, 5.41) is 4.50. The lowest BCUT2D eigenvalue weighted by atomic mass is 10.1. The number of hydrogen-bond acceptors (Lipinski definition) is 5. The van der Waals surface area contributed by atoms with Gasteiger partial charge in [-0.05, 0) is 31.9 Å². The monoisotopic (exact) mass is 334 g/mol. The minimum Gasteiger partial charge on any atom is -0.359 e. The standard InChI is InChI=1S/C16H19ClN4O2/c1-11-8-14(23-19-11)13-4-3-7-21(13)16(22)10-20(2)15-6-5-12(17)9-18-15/h5-6,8-9,13H,3-4,7,10H2,1-2H3/t13-/m1/s1. The van der Waals surface area contributed by atoms with E-state index in [0.29, 0.717) is 10.8 Å². The number of carbonyl (C=O) groups excluding carboxylic acids is 1. The Hall–Kier alpha value is -2.08. The highest BCUT2D eigenvalue weighted by Crippen LogP contribution is 2.32. The molecule has 0 unspecified atom stereocenters. The molecule has 1 aliphatic rings. The number of hydrogen-bond donors (Lipinski definition) is 0. The average Bonchev–Trinajstić information content (AvgIpc) is 3.16. The molecule has 0 aliphatic carbocycles. The molecule has 0 bridgehead atoms. The zero-order valence-electron chi connectivity index (χ0n) is 13.2. The van der Waals surface area contributed by atoms with E-state index in [2.05, 4.69) is 10.1 Å². The van der Waals surface area contributed by atoms with Gasteiger partial charge in [-0.3, -0.25) is 4.79 Å². The molecule has 2 aromatic rings. The normalized spacial score (nSPS) is 17.5. The first-order valence-corrected chi connectivity index (χ1v) is 7.98. The molecule has 0 saturated carbocycles. The quantitative estimate of drug-likeness (QED) is 0.860. The summed E-state index contributed by atoms with van der Waals surface area (Å²) >= 11 is 5.84. The Labute approximate surface area is 140 Å².